The van der Waals surface area contributed by atoms with Crippen molar-refractivity contribution in [3.05, 3.63) is 66.7 Å². The average Bonchev–Trinajstić information content (AvgIpc) is 3.21. The first-order chi connectivity index (χ1) is 12.3. The van der Waals surface area contributed by atoms with Crippen molar-refractivity contribution in [1.82, 2.24) is 14.5 Å². The zero-order valence-corrected chi connectivity index (χ0v) is 14.3. The fourth-order valence-electron chi connectivity index (χ4n) is 3.70. The first-order valence-electron chi connectivity index (χ1n) is 9.02. The van der Waals surface area contributed by atoms with Gasteiger partial charge in [0.15, 0.2) is 0 Å². The van der Waals surface area contributed by atoms with Gasteiger partial charge in [-0.2, -0.15) is 0 Å². The molecule has 0 unspecified atom stereocenters. The van der Waals surface area contributed by atoms with Crippen molar-refractivity contribution in [2.45, 2.75) is 31.7 Å². The number of aryl methyl sites for hydroxylation is 1. The normalized spacial score (nSPS) is 15.6. The van der Waals surface area contributed by atoms with Crippen LogP contribution in [0, 0.1) is 0 Å². The van der Waals surface area contributed by atoms with Crippen LogP contribution in [0.25, 0.3) is 10.8 Å². The van der Waals surface area contributed by atoms with Crippen LogP contribution < -0.4 is 0 Å². The molecule has 25 heavy (non-hydrogen) atoms. The number of hydrogen-bond donors (Lipinski definition) is 0. The lowest BCUT2D eigenvalue weighted by atomic mass is 10.0. The lowest BCUT2D eigenvalue weighted by molar-refractivity contribution is -0.132. The van der Waals surface area contributed by atoms with Crippen molar-refractivity contribution in [3.8, 4) is 0 Å². The van der Waals surface area contributed by atoms with Gasteiger partial charge in [0.25, 0.3) is 0 Å². The Morgan fingerprint density at radius 3 is 2.64 bits per heavy atom. The Hall–Kier alpha value is -2.62. The maximum atomic E-state index is 12.5. The molecule has 1 aliphatic rings. The lowest BCUT2D eigenvalue weighted by Crippen LogP contribution is -2.39. The third kappa shape index (κ3) is 3.58. The number of hydrogen-bond acceptors (Lipinski definition) is 2. The molecule has 1 aliphatic heterocycles. The van der Waals surface area contributed by atoms with Gasteiger partial charge in [0.2, 0.25) is 5.91 Å². The molecule has 0 spiro atoms. The molecular weight excluding hydrogens is 310 g/mol. The van der Waals surface area contributed by atoms with Gasteiger partial charge in [-0.05, 0) is 35.6 Å². The van der Waals surface area contributed by atoms with Gasteiger partial charge in [-0.1, -0.05) is 42.5 Å². The molecule has 2 aromatic carbocycles. The van der Waals surface area contributed by atoms with E-state index in [1.807, 2.05) is 23.6 Å². The van der Waals surface area contributed by atoms with E-state index in [0.29, 0.717) is 12.5 Å². The monoisotopic (exact) mass is 333 g/mol. The predicted molar refractivity (Wildman–Crippen MR) is 99.3 cm³/mol. The maximum absolute atomic E-state index is 12.5. The molecule has 3 aromatic rings. The van der Waals surface area contributed by atoms with Crippen molar-refractivity contribution in [1.29, 1.82) is 0 Å². The van der Waals surface area contributed by atoms with Gasteiger partial charge in [0.1, 0.15) is 0 Å². The number of imidazole rings is 1. The van der Waals surface area contributed by atoms with Crippen LogP contribution in [0.2, 0.25) is 0 Å². The van der Waals surface area contributed by atoms with Crippen LogP contribution in [-0.2, 0) is 11.2 Å². The zero-order valence-electron chi connectivity index (χ0n) is 14.3. The molecule has 4 nitrogen and oxygen atoms in total. The fraction of sp³-hybridized carbons (Fsp3) is 0.333. The number of likely N-dealkylation sites (tertiary alicyclic amines) is 1. The van der Waals surface area contributed by atoms with Crippen LogP contribution in [0.4, 0.5) is 0 Å². The number of nitrogens with zero attached hydrogens (tertiary/aromatic N) is 3. The van der Waals surface area contributed by atoms with Crippen molar-refractivity contribution < 1.29 is 4.79 Å². The van der Waals surface area contributed by atoms with Crippen LogP contribution in [0.3, 0.4) is 0 Å². The molecule has 1 fully saturated rings. The van der Waals surface area contributed by atoms with Gasteiger partial charge in [-0.3, -0.25) is 4.79 Å². The van der Waals surface area contributed by atoms with Crippen LogP contribution >= 0.6 is 0 Å². The molecule has 0 radical (unpaired) electrons. The molecule has 0 aliphatic carbocycles. The van der Waals surface area contributed by atoms with E-state index >= 15 is 0 Å². The van der Waals surface area contributed by atoms with E-state index in [0.717, 1.165) is 32.4 Å². The Morgan fingerprint density at radius 2 is 1.88 bits per heavy atom. The Kier molecular flexibility index (Phi) is 4.51. The van der Waals surface area contributed by atoms with Gasteiger partial charge in [-0.25, -0.2) is 4.98 Å². The number of carbonyl (C=O) groups excluding carboxylic acids is 1. The van der Waals surface area contributed by atoms with Crippen LogP contribution in [0.15, 0.2) is 61.2 Å². The minimum absolute atomic E-state index is 0.275. The molecule has 4 heteroatoms. The van der Waals surface area contributed by atoms with Gasteiger partial charge in [0.05, 0.1) is 6.33 Å². The smallest absolute Gasteiger partial charge is 0.222 e. The number of benzene rings is 2. The molecule has 0 atom stereocenters. The highest BCUT2D eigenvalue weighted by Crippen LogP contribution is 2.23. The number of aromatic nitrogens is 2. The number of carbonyl (C=O) groups is 1. The van der Waals surface area contributed by atoms with E-state index in [1.54, 1.807) is 0 Å². The van der Waals surface area contributed by atoms with E-state index < -0.39 is 0 Å². The summed E-state index contributed by atoms with van der Waals surface area (Å²) >= 11 is 0. The third-order valence-corrected chi connectivity index (χ3v) is 5.21. The molecular formula is C21H23N3O. The van der Waals surface area contributed by atoms with Crippen LogP contribution in [-0.4, -0.2) is 33.4 Å². The Bertz CT molecular complexity index is 848. The SMILES string of the molecule is O=C(CCc1ccc2ccccc2c1)N1CCC(n2ccnc2)CC1. The number of fused-ring (bicyclic) bond motifs is 1. The summed E-state index contributed by atoms with van der Waals surface area (Å²) in [6, 6.07) is 15.3. The maximum Gasteiger partial charge on any atom is 0.222 e. The van der Waals surface area contributed by atoms with Crippen LogP contribution in [0.1, 0.15) is 30.9 Å². The van der Waals surface area contributed by atoms with E-state index in [9.17, 15) is 4.79 Å². The Balaban J connectivity index is 1.31. The molecule has 2 heterocycles. The Morgan fingerprint density at radius 1 is 1.08 bits per heavy atom. The van der Waals surface area contributed by atoms with Crippen LogP contribution in [0.5, 0.6) is 0 Å². The number of piperidine rings is 1. The van der Waals surface area contributed by atoms with Gasteiger partial charge in [-0.15, -0.1) is 0 Å². The van der Waals surface area contributed by atoms with Crippen molar-refractivity contribution in [3.63, 3.8) is 0 Å². The molecule has 0 N–H and O–H groups in total. The predicted octanol–water partition coefficient (Wildman–Crippen LogP) is 3.83. The summed E-state index contributed by atoms with van der Waals surface area (Å²) in [5.74, 6) is 0.275. The quantitative estimate of drug-likeness (QED) is 0.728. The summed E-state index contributed by atoms with van der Waals surface area (Å²) in [7, 11) is 0. The highest BCUT2D eigenvalue weighted by molar-refractivity contribution is 5.83. The second-order valence-electron chi connectivity index (χ2n) is 6.80. The summed E-state index contributed by atoms with van der Waals surface area (Å²) in [6.07, 6.45) is 9.14. The molecule has 1 amide bonds. The van der Waals surface area contributed by atoms with E-state index in [-0.39, 0.29) is 5.91 Å². The summed E-state index contributed by atoms with van der Waals surface area (Å²) < 4.78 is 2.16. The highest BCUT2D eigenvalue weighted by Gasteiger charge is 2.23. The minimum Gasteiger partial charge on any atom is -0.343 e. The molecule has 128 valence electrons. The number of rotatable bonds is 4. The first kappa shape index (κ1) is 15.9. The van der Waals surface area contributed by atoms with Crippen molar-refractivity contribution in [2.75, 3.05) is 13.1 Å². The summed E-state index contributed by atoms with van der Waals surface area (Å²) in [6.45, 7) is 1.69. The third-order valence-electron chi connectivity index (χ3n) is 5.21. The summed E-state index contributed by atoms with van der Waals surface area (Å²) in [5, 5.41) is 2.49. The lowest BCUT2D eigenvalue weighted by Gasteiger charge is -2.32. The highest BCUT2D eigenvalue weighted by atomic mass is 16.2. The van der Waals surface area contributed by atoms with Gasteiger partial charge < -0.3 is 9.47 Å². The van der Waals surface area contributed by atoms with Gasteiger partial charge >= 0.3 is 0 Å². The number of amides is 1. The topological polar surface area (TPSA) is 38.1 Å². The average molecular weight is 333 g/mol. The van der Waals surface area contributed by atoms with E-state index in [2.05, 4.69) is 52.0 Å². The van der Waals surface area contributed by atoms with Gasteiger partial charge in [0, 0.05) is 37.9 Å². The standard InChI is InChI=1S/C21H23N3O/c25-21(23-12-9-20(10-13-23)24-14-11-22-16-24)8-6-17-5-7-18-3-1-2-4-19(18)15-17/h1-5,7,11,14-16,20H,6,8-10,12-13H2. The first-order valence-corrected chi connectivity index (χ1v) is 9.02. The summed E-state index contributed by atoms with van der Waals surface area (Å²) in [4.78, 5) is 18.7. The van der Waals surface area contributed by atoms with Crippen molar-refractivity contribution in [2.24, 2.45) is 0 Å². The fourth-order valence-corrected chi connectivity index (χ4v) is 3.70. The second-order valence-corrected chi connectivity index (χ2v) is 6.80. The largest absolute Gasteiger partial charge is 0.343 e. The molecule has 4 rings (SSSR count). The van der Waals surface area contributed by atoms with E-state index in [1.165, 1.54) is 16.3 Å². The Labute approximate surface area is 148 Å². The molecule has 1 saturated heterocycles. The molecule has 0 bridgehead atoms. The van der Waals surface area contributed by atoms with Crippen molar-refractivity contribution >= 4 is 16.7 Å². The zero-order chi connectivity index (χ0) is 17.1. The van der Waals surface area contributed by atoms with E-state index in [4.69, 9.17) is 0 Å². The summed E-state index contributed by atoms with van der Waals surface area (Å²) in [5.41, 5.74) is 1.24. The second kappa shape index (κ2) is 7.09. The molecule has 1 aromatic heterocycles. The minimum atomic E-state index is 0.275. The molecule has 0 saturated carbocycles.